The number of hydrogen-bond acceptors (Lipinski definition) is 3. The summed E-state index contributed by atoms with van der Waals surface area (Å²) >= 11 is 0. The normalized spacial score (nSPS) is 10.1. The van der Waals surface area contributed by atoms with Gasteiger partial charge >= 0.3 is 5.97 Å². The van der Waals surface area contributed by atoms with E-state index in [2.05, 4.69) is 10.3 Å². The van der Waals surface area contributed by atoms with E-state index in [4.69, 9.17) is 5.11 Å². The van der Waals surface area contributed by atoms with Crippen LogP contribution in [0.1, 0.15) is 23.7 Å². The van der Waals surface area contributed by atoms with E-state index in [9.17, 15) is 9.59 Å². The first kappa shape index (κ1) is 13.7. The lowest BCUT2D eigenvalue weighted by Crippen LogP contribution is -2.09. The van der Waals surface area contributed by atoms with Crippen molar-refractivity contribution >= 4 is 17.6 Å². The number of carboxylic acids is 1. The molecule has 1 heterocycles. The van der Waals surface area contributed by atoms with Gasteiger partial charge in [-0.15, -0.1) is 0 Å². The largest absolute Gasteiger partial charge is 0.478 e. The smallest absolute Gasteiger partial charge is 0.337 e. The van der Waals surface area contributed by atoms with Crippen molar-refractivity contribution in [3.8, 4) is 11.1 Å². The van der Waals surface area contributed by atoms with Gasteiger partial charge < -0.3 is 10.4 Å². The van der Waals surface area contributed by atoms with Crippen LogP contribution < -0.4 is 5.32 Å². The van der Waals surface area contributed by atoms with Gasteiger partial charge in [-0.2, -0.15) is 0 Å². The quantitative estimate of drug-likeness (QED) is 0.895. The summed E-state index contributed by atoms with van der Waals surface area (Å²) in [6, 6.07) is 8.76. The number of nitrogens with one attached hydrogen (secondary N) is 1. The summed E-state index contributed by atoms with van der Waals surface area (Å²) in [4.78, 5) is 26.2. The van der Waals surface area contributed by atoms with Gasteiger partial charge in [-0.1, -0.05) is 19.1 Å². The number of carbonyl (C=O) groups excluding carboxylic acids is 1. The van der Waals surface area contributed by atoms with Crippen LogP contribution in [0.5, 0.6) is 0 Å². The molecule has 0 saturated carbocycles. The molecule has 0 bridgehead atoms. The molecular formula is C15H14N2O3. The second kappa shape index (κ2) is 5.97. The Kier molecular flexibility index (Phi) is 4.10. The van der Waals surface area contributed by atoms with Gasteiger partial charge in [0.15, 0.2) is 0 Å². The van der Waals surface area contributed by atoms with Gasteiger partial charge in [0.2, 0.25) is 5.91 Å². The summed E-state index contributed by atoms with van der Waals surface area (Å²) in [5, 5.41) is 11.7. The number of aromatic carboxylic acids is 1. The minimum atomic E-state index is -1.02. The second-order valence-electron chi connectivity index (χ2n) is 4.25. The van der Waals surface area contributed by atoms with E-state index < -0.39 is 5.97 Å². The maximum absolute atomic E-state index is 11.4. The fraction of sp³-hybridized carbons (Fsp3) is 0.133. The number of aromatic nitrogens is 1. The average molecular weight is 270 g/mol. The highest BCUT2D eigenvalue weighted by Crippen LogP contribution is 2.23. The Morgan fingerprint density at radius 1 is 1.20 bits per heavy atom. The molecule has 1 aromatic heterocycles. The Bertz CT molecular complexity index is 653. The summed E-state index contributed by atoms with van der Waals surface area (Å²) in [5.41, 5.74) is 2.30. The fourth-order valence-electron chi connectivity index (χ4n) is 1.74. The van der Waals surface area contributed by atoms with Crippen LogP contribution in [0.2, 0.25) is 0 Å². The SMILES string of the molecule is CCC(=O)Nc1cccc(-c2cncc(C(=O)O)c2)c1. The topological polar surface area (TPSA) is 79.3 Å². The predicted molar refractivity (Wildman–Crippen MR) is 75.6 cm³/mol. The predicted octanol–water partition coefficient (Wildman–Crippen LogP) is 2.80. The lowest BCUT2D eigenvalue weighted by Gasteiger charge is -2.07. The zero-order chi connectivity index (χ0) is 14.5. The molecule has 0 aliphatic carbocycles. The standard InChI is InChI=1S/C15H14N2O3/c1-2-14(18)17-13-5-3-4-10(7-13)11-6-12(15(19)20)9-16-8-11/h3-9H,2H2,1H3,(H,17,18)(H,19,20). The van der Waals surface area contributed by atoms with Gasteiger partial charge in [-0.25, -0.2) is 4.79 Å². The molecule has 1 amide bonds. The molecule has 1 aromatic carbocycles. The molecule has 2 rings (SSSR count). The number of rotatable bonds is 4. The Labute approximate surface area is 116 Å². The first-order valence-corrected chi connectivity index (χ1v) is 6.18. The molecule has 0 aliphatic heterocycles. The molecule has 2 aromatic rings. The van der Waals surface area contributed by atoms with Crippen molar-refractivity contribution < 1.29 is 14.7 Å². The zero-order valence-electron chi connectivity index (χ0n) is 11.0. The maximum atomic E-state index is 11.4. The molecule has 0 radical (unpaired) electrons. The Balaban J connectivity index is 2.33. The van der Waals surface area contributed by atoms with E-state index >= 15 is 0 Å². The summed E-state index contributed by atoms with van der Waals surface area (Å²) in [5.74, 6) is -1.09. The Morgan fingerprint density at radius 2 is 2.00 bits per heavy atom. The third-order valence-electron chi connectivity index (χ3n) is 2.79. The van der Waals surface area contributed by atoms with Crippen molar-refractivity contribution in [2.75, 3.05) is 5.32 Å². The van der Waals surface area contributed by atoms with Gasteiger partial charge in [0.1, 0.15) is 0 Å². The number of amides is 1. The van der Waals surface area contributed by atoms with E-state index in [0.717, 1.165) is 5.56 Å². The number of carboxylic acid groups (broad SMARTS) is 1. The molecular weight excluding hydrogens is 256 g/mol. The first-order chi connectivity index (χ1) is 9.60. The molecule has 0 atom stereocenters. The van der Waals surface area contributed by atoms with Crippen LogP contribution >= 0.6 is 0 Å². The number of hydrogen-bond donors (Lipinski definition) is 2. The van der Waals surface area contributed by atoms with Crippen LogP contribution in [-0.2, 0) is 4.79 Å². The average Bonchev–Trinajstić information content (AvgIpc) is 2.47. The van der Waals surface area contributed by atoms with Crippen LogP contribution in [0.3, 0.4) is 0 Å². The molecule has 0 spiro atoms. The molecule has 0 fully saturated rings. The maximum Gasteiger partial charge on any atom is 0.337 e. The van der Waals surface area contributed by atoms with Crippen LogP contribution in [-0.4, -0.2) is 22.0 Å². The third-order valence-corrected chi connectivity index (χ3v) is 2.79. The van der Waals surface area contributed by atoms with Gasteiger partial charge in [-0.3, -0.25) is 9.78 Å². The van der Waals surface area contributed by atoms with Crippen molar-refractivity contribution in [2.45, 2.75) is 13.3 Å². The lowest BCUT2D eigenvalue weighted by atomic mass is 10.1. The lowest BCUT2D eigenvalue weighted by molar-refractivity contribution is -0.115. The molecule has 2 N–H and O–H groups in total. The number of nitrogens with zero attached hydrogens (tertiary/aromatic N) is 1. The minimum Gasteiger partial charge on any atom is -0.478 e. The van der Waals surface area contributed by atoms with Crippen LogP contribution in [0.25, 0.3) is 11.1 Å². The second-order valence-corrected chi connectivity index (χ2v) is 4.25. The summed E-state index contributed by atoms with van der Waals surface area (Å²) in [7, 11) is 0. The van der Waals surface area contributed by atoms with Crippen molar-refractivity contribution in [1.82, 2.24) is 4.98 Å². The van der Waals surface area contributed by atoms with Crippen molar-refractivity contribution in [3.63, 3.8) is 0 Å². The van der Waals surface area contributed by atoms with Gasteiger partial charge in [0.05, 0.1) is 5.56 Å². The molecule has 0 aliphatic rings. The highest BCUT2D eigenvalue weighted by Gasteiger charge is 2.07. The molecule has 5 nitrogen and oxygen atoms in total. The number of carbonyl (C=O) groups is 2. The van der Waals surface area contributed by atoms with Gasteiger partial charge in [0, 0.05) is 30.1 Å². The molecule has 20 heavy (non-hydrogen) atoms. The molecule has 102 valence electrons. The Hall–Kier alpha value is -2.69. The first-order valence-electron chi connectivity index (χ1n) is 6.18. The number of anilines is 1. The van der Waals surface area contributed by atoms with E-state index in [0.29, 0.717) is 17.7 Å². The number of benzene rings is 1. The Morgan fingerprint density at radius 3 is 2.70 bits per heavy atom. The highest BCUT2D eigenvalue weighted by atomic mass is 16.4. The van der Waals surface area contributed by atoms with Gasteiger partial charge in [0.25, 0.3) is 0 Å². The molecule has 0 saturated heterocycles. The summed E-state index contributed by atoms with van der Waals surface area (Å²) in [6.07, 6.45) is 3.29. The molecule has 0 unspecified atom stereocenters. The molecule has 5 heteroatoms. The monoisotopic (exact) mass is 270 g/mol. The van der Waals surface area contributed by atoms with Crippen molar-refractivity contribution in [2.24, 2.45) is 0 Å². The highest BCUT2D eigenvalue weighted by molar-refractivity contribution is 5.92. The van der Waals surface area contributed by atoms with Crippen molar-refractivity contribution in [1.29, 1.82) is 0 Å². The van der Waals surface area contributed by atoms with E-state index in [1.807, 2.05) is 6.07 Å². The zero-order valence-corrected chi connectivity index (χ0v) is 11.0. The third kappa shape index (κ3) is 3.20. The van der Waals surface area contributed by atoms with Crippen LogP contribution in [0, 0.1) is 0 Å². The van der Waals surface area contributed by atoms with E-state index in [-0.39, 0.29) is 11.5 Å². The summed E-state index contributed by atoms with van der Waals surface area (Å²) in [6.45, 7) is 1.78. The van der Waals surface area contributed by atoms with Crippen molar-refractivity contribution in [3.05, 3.63) is 48.3 Å². The van der Waals surface area contributed by atoms with Crippen LogP contribution in [0.15, 0.2) is 42.7 Å². The van der Waals surface area contributed by atoms with Gasteiger partial charge in [-0.05, 0) is 23.8 Å². The van der Waals surface area contributed by atoms with E-state index in [1.54, 1.807) is 37.4 Å². The fourth-order valence-corrected chi connectivity index (χ4v) is 1.74. The number of pyridine rings is 1. The summed E-state index contributed by atoms with van der Waals surface area (Å²) < 4.78 is 0. The van der Waals surface area contributed by atoms with E-state index in [1.165, 1.54) is 6.20 Å². The van der Waals surface area contributed by atoms with Crippen LogP contribution in [0.4, 0.5) is 5.69 Å². The minimum absolute atomic E-state index is 0.0699.